The molecule has 3 aromatic rings. The zero-order valence-corrected chi connectivity index (χ0v) is 20.8. The molecule has 0 saturated carbocycles. The fraction of sp³-hybridized carbons (Fsp3) is 0.276. The molecule has 0 spiro atoms. The standard InChI is InChI=1S/C29H31N3O4/c1-4-16-30-28(34)25-26(36-29(35)32(25)18-21-10-8-19(2)9-11-21)22-12-14-24(15-13-22)31-27(33)23-7-5-6-20(3)17-23/h5-15,17,25-26H,4,16,18H2,1-3H3,(H,30,34)(H,31,33). The van der Waals surface area contributed by atoms with Gasteiger partial charge in [0.2, 0.25) is 5.91 Å². The molecule has 1 heterocycles. The molecule has 2 atom stereocenters. The number of anilines is 1. The van der Waals surface area contributed by atoms with Crippen LogP contribution in [0.25, 0.3) is 0 Å². The molecule has 7 nitrogen and oxygen atoms in total. The van der Waals surface area contributed by atoms with E-state index in [4.69, 9.17) is 4.74 Å². The predicted molar refractivity (Wildman–Crippen MR) is 139 cm³/mol. The first-order valence-corrected chi connectivity index (χ1v) is 12.1. The van der Waals surface area contributed by atoms with Gasteiger partial charge >= 0.3 is 6.09 Å². The lowest BCUT2D eigenvalue weighted by molar-refractivity contribution is -0.126. The number of amides is 3. The zero-order chi connectivity index (χ0) is 25.7. The normalized spacial score (nSPS) is 17.0. The second kappa shape index (κ2) is 11.1. The maximum absolute atomic E-state index is 13.1. The highest BCUT2D eigenvalue weighted by Crippen LogP contribution is 2.34. The molecule has 1 aliphatic heterocycles. The van der Waals surface area contributed by atoms with Gasteiger partial charge in [0.25, 0.3) is 5.91 Å². The highest BCUT2D eigenvalue weighted by Gasteiger charge is 2.46. The summed E-state index contributed by atoms with van der Waals surface area (Å²) in [6.45, 7) is 6.69. The smallest absolute Gasteiger partial charge is 0.411 e. The Labute approximate surface area is 211 Å². The molecule has 3 aromatic carbocycles. The van der Waals surface area contributed by atoms with E-state index in [1.807, 2.05) is 63.2 Å². The van der Waals surface area contributed by atoms with Crippen LogP contribution in [0.4, 0.5) is 10.5 Å². The van der Waals surface area contributed by atoms with E-state index in [2.05, 4.69) is 10.6 Å². The number of benzene rings is 3. The second-order valence-electron chi connectivity index (χ2n) is 9.10. The van der Waals surface area contributed by atoms with Gasteiger partial charge < -0.3 is 15.4 Å². The van der Waals surface area contributed by atoms with Crippen molar-refractivity contribution in [1.82, 2.24) is 10.2 Å². The first-order chi connectivity index (χ1) is 17.4. The number of carbonyl (C=O) groups is 3. The van der Waals surface area contributed by atoms with Crippen molar-refractivity contribution in [3.63, 3.8) is 0 Å². The van der Waals surface area contributed by atoms with Crippen molar-refractivity contribution in [2.24, 2.45) is 0 Å². The Morgan fingerprint density at radius 3 is 2.33 bits per heavy atom. The molecule has 1 saturated heterocycles. The summed E-state index contributed by atoms with van der Waals surface area (Å²) in [7, 11) is 0. The fourth-order valence-electron chi connectivity index (χ4n) is 4.20. The van der Waals surface area contributed by atoms with Crippen molar-refractivity contribution in [2.45, 2.75) is 45.9 Å². The van der Waals surface area contributed by atoms with Crippen molar-refractivity contribution >= 4 is 23.6 Å². The molecule has 2 N–H and O–H groups in total. The van der Waals surface area contributed by atoms with Crippen molar-refractivity contribution in [3.05, 3.63) is 101 Å². The number of cyclic esters (lactones) is 1. The van der Waals surface area contributed by atoms with Gasteiger partial charge in [-0.3, -0.25) is 14.5 Å². The molecule has 7 heteroatoms. The number of carbonyl (C=O) groups excluding carboxylic acids is 3. The molecule has 1 fully saturated rings. The second-order valence-corrected chi connectivity index (χ2v) is 9.10. The monoisotopic (exact) mass is 485 g/mol. The molecule has 0 bridgehead atoms. The molecular weight excluding hydrogens is 454 g/mol. The van der Waals surface area contributed by atoms with Gasteiger partial charge in [-0.1, -0.05) is 66.6 Å². The summed E-state index contributed by atoms with van der Waals surface area (Å²) >= 11 is 0. The molecule has 0 aromatic heterocycles. The maximum Gasteiger partial charge on any atom is 0.411 e. The van der Waals surface area contributed by atoms with Crippen molar-refractivity contribution in [2.75, 3.05) is 11.9 Å². The molecule has 186 valence electrons. The maximum atomic E-state index is 13.1. The van der Waals surface area contributed by atoms with Gasteiger partial charge in [0.05, 0.1) is 6.54 Å². The summed E-state index contributed by atoms with van der Waals surface area (Å²) in [6, 6.07) is 21.5. The van der Waals surface area contributed by atoms with Crippen LogP contribution < -0.4 is 10.6 Å². The fourth-order valence-corrected chi connectivity index (χ4v) is 4.20. The third kappa shape index (κ3) is 5.74. The highest BCUT2D eigenvalue weighted by atomic mass is 16.6. The third-order valence-corrected chi connectivity index (χ3v) is 6.15. The molecule has 4 rings (SSSR count). The first kappa shape index (κ1) is 25.0. The number of nitrogens with one attached hydrogen (secondary N) is 2. The molecule has 1 aliphatic rings. The van der Waals surface area contributed by atoms with Crippen LogP contribution in [-0.2, 0) is 16.1 Å². The van der Waals surface area contributed by atoms with Crippen LogP contribution in [0.2, 0.25) is 0 Å². The summed E-state index contributed by atoms with van der Waals surface area (Å²) in [4.78, 5) is 40.1. The summed E-state index contributed by atoms with van der Waals surface area (Å²) < 4.78 is 5.71. The Hall–Kier alpha value is -4.13. The van der Waals surface area contributed by atoms with Crippen molar-refractivity contribution < 1.29 is 19.1 Å². The molecule has 2 unspecified atom stereocenters. The Morgan fingerprint density at radius 2 is 1.67 bits per heavy atom. The van der Waals surface area contributed by atoms with Crippen LogP contribution in [0.3, 0.4) is 0 Å². The van der Waals surface area contributed by atoms with Crippen LogP contribution in [0.5, 0.6) is 0 Å². The van der Waals surface area contributed by atoms with E-state index in [0.29, 0.717) is 23.4 Å². The lowest BCUT2D eigenvalue weighted by atomic mass is 10.00. The number of ether oxygens (including phenoxy) is 1. The summed E-state index contributed by atoms with van der Waals surface area (Å²) in [5, 5.41) is 5.79. The number of hydrogen-bond acceptors (Lipinski definition) is 4. The summed E-state index contributed by atoms with van der Waals surface area (Å²) in [5.74, 6) is -0.462. The summed E-state index contributed by atoms with van der Waals surface area (Å²) in [5.41, 5.74) is 4.90. The Bertz CT molecular complexity index is 1240. The van der Waals surface area contributed by atoms with E-state index in [-0.39, 0.29) is 18.4 Å². The SMILES string of the molecule is CCCNC(=O)C1C(c2ccc(NC(=O)c3cccc(C)c3)cc2)OC(=O)N1Cc1ccc(C)cc1. The van der Waals surface area contributed by atoms with Crippen LogP contribution in [0.15, 0.2) is 72.8 Å². The average Bonchev–Trinajstić information content (AvgIpc) is 3.20. The zero-order valence-electron chi connectivity index (χ0n) is 20.8. The molecular formula is C29H31N3O4. The van der Waals surface area contributed by atoms with Gasteiger partial charge in [0.1, 0.15) is 0 Å². The molecule has 0 aliphatic carbocycles. The Kier molecular flexibility index (Phi) is 7.68. The molecule has 36 heavy (non-hydrogen) atoms. The van der Waals surface area contributed by atoms with Crippen LogP contribution in [-0.4, -0.2) is 35.4 Å². The van der Waals surface area contributed by atoms with Gasteiger partial charge in [-0.2, -0.15) is 0 Å². The predicted octanol–water partition coefficient (Wildman–Crippen LogP) is 5.14. The van der Waals surface area contributed by atoms with E-state index in [9.17, 15) is 14.4 Å². The van der Waals surface area contributed by atoms with Crippen LogP contribution >= 0.6 is 0 Å². The van der Waals surface area contributed by atoms with Gasteiger partial charge in [-0.25, -0.2) is 4.79 Å². The Balaban J connectivity index is 1.54. The van der Waals surface area contributed by atoms with Crippen LogP contribution in [0.1, 0.15) is 52.1 Å². The van der Waals surface area contributed by atoms with E-state index in [0.717, 1.165) is 23.1 Å². The first-order valence-electron chi connectivity index (χ1n) is 12.1. The summed E-state index contributed by atoms with van der Waals surface area (Å²) in [6.07, 6.45) is -0.513. The minimum absolute atomic E-state index is 0.208. The average molecular weight is 486 g/mol. The quantitative estimate of drug-likeness (QED) is 0.462. The van der Waals surface area contributed by atoms with Gasteiger partial charge in [-0.15, -0.1) is 0 Å². The number of aryl methyl sites for hydroxylation is 2. The minimum Gasteiger partial charge on any atom is -0.438 e. The van der Waals surface area contributed by atoms with Crippen molar-refractivity contribution in [3.8, 4) is 0 Å². The number of rotatable bonds is 8. The topological polar surface area (TPSA) is 87.7 Å². The molecule has 0 radical (unpaired) electrons. The van der Waals surface area contributed by atoms with Crippen molar-refractivity contribution in [1.29, 1.82) is 0 Å². The van der Waals surface area contributed by atoms with E-state index >= 15 is 0 Å². The minimum atomic E-state index is -0.807. The van der Waals surface area contributed by atoms with Gasteiger partial charge in [0, 0.05) is 17.8 Å². The van der Waals surface area contributed by atoms with Gasteiger partial charge in [0.15, 0.2) is 12.1 Å². The van der Waals surface area contributed by atoms with E-state index in [1.165, 1.54) is 4.90 Å². The largest absolute Gasteiger partial charge is 0.438 e. The third-order valence-electron chi connectivity index (χ3n) is 6.15. The van der Waals surface area contributed by atoms with E-state index in [1.54, 1.807) is 30.3 Å². The van der Waals surface area contributed by atoms with Gasteiger partial charge in [-0.05, 0) is 55.7 Å². The number of nitrogens with zero attached hydrogens (tertiary/aromatic N) is 1. The molecule has 3 amide bonds. The highest BCUT2D eigenvalue weighted by molar-refractivity contribution is 6.04. The lowest BCUT2D eigenvalue weighted by Crippen LogP contribution is -2.46. The van der Waals surface area contributed by atoms with Crippen LogP contribution in [0, 0.1) is 13.8 Å². The lowest BCUT2D eigenvalue weighted by Gasteiger charge is -2.24. The van der Waals surface area contributed by atoms with E-state index < -0.39 is 18.2 Å². The Morgan fingerprint density at radius 1 is 0.944 bits per heavy atom. The number of hydrogen-bond donors (Lipinski definition) is 2.